The molecule has 0 bridgehead atoms. The van der Waals surface area contributed by atoms with Crippen LogP contribution >= 0.6 is 0 Å². The standard InChI is InChI=1S/C12H23N3Si/c1-13(2)9-7-8-10(16)12(15(5)6)11(9)14(3)4/h7-8H,1-6,16H3. The van der Waals surface area contributed by atoms with Crippen LogP contribution < -0.4 is 19.9 Å². The molecule has 1 aromatic rings. The molecule has 0 N–H and O–H groups in total. The van der Waals surface area contributed by atoms with Gasteiger partial charge in [-0.15, -0.1) is 0 Å². The molecule has 0 aromatic heterocycles. The van der Waals surface area contributed by atoms with Gasteiger partial charge >= 0.3 is 0 Å². The maximum Gasteiger partial charge on any atom is 0.0834 e. The Hall–Kier alpha value is -1.16. The fourth-order valence-corrected chi connectivity index (χ4v) is 2.89. The Morgan fingerprint density at radius 3 is 1.62 bits per heavy atom. The molecule has 0 atom stereocenters. The third-order valence-electron chi connectivity index (χ3n) is 2.71. The molecule has 0 fully saturated rings. The molecule has 90 valence electrons. The van der Waals surface area contributed by atoms with E-state index in [0.29, 0.717) is 0 Å². The Balaban J connectivity index is 3.50. The molecule has 16 heavy (non-hydrogen) atoms. The lowest BCUT2D eigenvalue weighted by Crippen LogP contribution is -2.26. The topological polar surface area (TPSA) is 9.72 Å². The average Bonchev–Trinajstić information content (AvgIpc) is 2.15. The molecule has 1 rings (SSSR count). The van der Waals surface area contributed by atoms with Crippen molar-refractivity contribution in [1.82, 2.24) is 0 Å². The predicted molar refractivity (Wildman–Crippen MR) is 79.0 cm³/mol. The van der Waals surface area contributed by atoms with Gasteiger partial charge in [0.15, 0.2) is 0 Å². The molecule has 4 heteroatoms. The molecule has 0 saturated carbocycles. The summed E-state index contributed by atoms with van der Waals surface area (Å²) < 4.78 is 0. The quantitative estimate of drug-likeness (QED) is 0.679. The summed E-state index contributed by atoms with van der Waals surface area (Å²) in [7, 11) is 13.7. The number of nitrogens with zero attached hydrogens (tertiary/aromatic N) is 3. The van der Waals surface area contributed by atoms with Gasteiger partial charge in [-0.3, -0.25) is 0 Å². The van der Waals surface area contributed by atoms with Crippen LogP contribution in [-0.4, -0.2) is 52.5 Å². The first-order valence-electron chi connectivity index (χ1n) is 5.51. The van der Waals surface area contributed by atoms with E-state index in [9.17, 15) is 0 Å². The molecular formula is C12H23N3Si. The summed E-state index contributed by atoms with van der Waals surface area (Å²) in [6.07, 6.45) is 0. The van der Waals surface area contributed by atoms with Crippen LogP contribution in [0.15, 0.2) is 12.1 Å². The molecule has 0 unspecified atom stereocenters. The van der Waals surface area contributed by atoms with Crippen LogP contribution in [0.2, 0.25) is 0 Å². The van der Waals surface area contributed by atoms with Gasteiger partial charge in [-0.2, -0.15) is 0 Å². The van der Waals surface area contributed by atoms with Crippen LogP contribution in [0.1, 0.15) is 0 Å². The van der Waals surface area contributed by atoms with Crippen molar-refractivity contribution in [3.05, 3.63) is 12.1 Å². The zero-order valence-electron chi connectivity index (χ0n) is 11.5. The van der Waals surface area contributed by atoms with Crippen LogP contribution in [0.4, 0.5) is 17.1 Å². The first-order valence-corrected chi connectivity index (χ1v) is 6.51. The predicted octanol–water partition coefficient (Wildman–Crippen LogP) is -0.125. The molecular weight excluding hydrogens is 214 g/mol. The summed E-state index contributed by atoms with van der Waals surface area (Å²) in [4.78, 5) is 6.58. The zero-order chi connectivity index (χ0) is 12.5. The van der Waals surface area contributed by atoms with Gasteiger partial charge in [-0.05, 0) is 11.3 Å². The molecule has 0 amide bonds. The summed E-state index contributed by atoms with van der Waals surface area (Å²) in [5, 5.41) is 1.44. The van der Waals surface area contributed by atoms with Gasteiger partial charge in [-0.25, -0.2) is 0 Å². The minimum Gasteiger partial charge on any atom is -0.376 e. The summed E-state index contributed by atoms with van der Waals surface area (Å²) in [5.74, 6) is 0. The Morgan fingerprint density at radius 2 is 1.25 bits per heavy atom. The fourth-order valence-electron chi connectivity index (χ4n) is 2.04. The molecule has 0 aliphatic rings. The van der Waals surface area contributed by atoms with Crippen molar-refractivity contribution in [2.24, 2.45) is 0 Å². The Bertz CT molecular complexity index is 373. The summed E-state index contributed by atoms with van der Waals surface area (Å²) in [6, 6.07) is 4.45. The summed E-state index contributed by atoms with van der Waals surface area (Å²) in [6.45, 7) is 0. The smallest absolute Gasteiger partial charge is 0.0834 e. The van der Waals surface area contributed by atoms with Crippen molar-refractivity contribution in [3.63, 3.8) is 0 Å². The van der Waals surface area contributed by atoms with Gasteiger partial charge in [0.05, 0.1) is 17.1 Å². The van der Waals surface area contributed by atoms with Crippen molar-refractivity contribution in [1.29, 1.82) is 0 Å². The van der Waals surface area contributed by atoms with Crippen molar-refractivity contribution in [2.45, 2.75) is 0 Å². The minimum atomic E-state index is 1.07. The van der Waals surface area contributed by atoms with Gasteiger partial charge in [0.2, 0.25) is 0 Å². The van der Waals surface area contributed by atoms with E-state index in [-0.39, 0.29) is 0 Å². The van der Waals surface area contributed by atoms with Crippen LogP contribution in [0, 0.1) is 0 Å². The maximum atomic E-state index is 2.24. The first-order chi connectivity index (χ1) is 7.36. The van der Waals surface area contributed by atoms with E-state index in [4.69, 9.17) is 0 Å². The monoisotopic (exact) mass is 237 g/mol. The minimum absolute atomic E-state index is 1.07. The van der Waals surface area contributed by atoms with Crippen LogP contribution in [0.3, 0.4) is 0 Å². The van der Waals surface area contributed by atoms with Crippen LogP contribution in [0.25, 0.3) is 0 Å². The summed E-state index contributed by atoms with van der Waals surface area (Å²) in [5.41, 5.74) is 3.93. The first kappa shape index (κ1) is 12.9. The number of rotatable bonds is 3. The largest absolute Gasteiger partial charge is 0.376 e. The van der Waals surface area contributed by atoms with E-state index in [1.54, 1.807) is 0 Å². The molecule has 3 nitrogen and oxygen atoms in total. The lowest BCUT2D eigenvalue weighted by atomic mass is 10.2. The normalized spacial score (nSPS) is 10.4. The molecule has 0 aliphatic carbocycles. The lowest BCUT2D eigenvalue weighted by molar-refractivity contribution is 1.05. The third-order valence-corrected chi connectivity index (χ3v) is 3.51. The van der Waals surface area contributed by atoms with Crippen molar-refractivity contribution >= 4 is 32.5 Å². The molecule has 0 aliphatic heterocycles. The maximum absolute atomic E-state index is 2.24. The number of benzene rings is 1. The summed E-state index contributed by atoms with van der Waals surface area (Å²) >= 11 is 0. The molecule has 0 spiro atoms. The van der Waals surface area contributed by atoms with E-state index in [1.807, 2.05) is 0 Å². The zero-order valence-corrected chi connectivity index (χ0v) is 13.5. The Morgan fingerprint density at radius 1 is 0.750 bits per heavy atom. The van der Waals surface area contributed by atoms with Crippen LogP contribution in [-0.2, 0) is 0 Å². The highest BCUT2D eigenvalue weighted by atomic mass is 28.1. The third kappa shape index (κ3) is 2.32. The fraction of sp³-hybridized carbons (Fsp3) is 0.500. The molecule has 0 saturated heterocycles. The van der Waals surface area contributed by atoms with Gasteiger partial charge in [-0.1, -0.05) is 6.07 Å². The molecule has 0 heterocycles. The lowest BCUT2D eigenvalue weighted by Gasteiger charge is -2.29. The number of anilines is 3. The Labute approximate surface area is 102 Å². The van der Waals surface area contributed by atoms with Gasteiger partial charge in [0.1, 0.15) is 0 Å². The van der Waals surface area contributed by atoms with E-state index >= 15 is 0 Å². The van der Waals surface area contributed by atoms with Gasteiger partial charge in [0.25, 0.3) is 0 Å². The number of hydrogen-bond donors (Lipinski definition) is 0. The highest BCUT2D eigenvalue weighted by molar-refractivity contribution is 6.37. The second kappa shape index (κ2) is 4.78. The van der Waals surface area contributed by atoms with Gasteiger partial charge in [0, 0.05) is 52.5 Å². The highest BCUT2D eigenvalue weighted by Gasteiger charge is 2.15. The average molecular weight is 237 g/mol. The van der Waals surface area contributed by atoms with Crippen molar-refractivity contribution in [2.75, 3.05) is 57.0 Å². The van der Waals surface area contributed by atoms with E-state index in [2.05, 4.69) is 69.1 Å². The van der Waals surface area contributed by atoms with E-state index in [1.165, 1.54) is 22.2 Å². The second-order valence-electron chi connectivity index (χ2n) is 4.78. The van der Waals surface area contributed by atoms with E-state index < -0.39 is 0 Å². The highest BCUT2D eigenvalue weighted by Crippen LogP contribution is 2.34. The number of hydrogen-bond acceptors (Lipinski definition) is 3. The van der Waals surface area contributed by atoms with Crippen molar-refractivity contribution < 1.29 is 0 Å². The van der Waals surface area contributed by atoms with Gasteiger partial charge < -0.3 is 14.7 Å². The molecule has 0 radical (unpaired) electrons. The Kier molecular flexibility index (Phi) is 3.86. The second-order valence-corrected chi connectivity index (χ2v) is 5.86. The van der Waals surface area contributed by atoms with E-state index in [0.717, 1.165) is 10.2 Å². The molecule has 1 aromatic carbocycles. The SMILES string of the molecule is CN(C)c1ccc([SiH3])c(N(C)C)c1N(C)C. The van der Waals surface area contributed by atoms with Crippen molar-refractivity contribution in [3.8, 4) is 0 Å². The van der Waals surface area contributed by atoms with Crippen LogP contribution in [0.5, 0.6) is 0 Å².